The Morgan fingerprint density at radius 1 is 0.964 bits per heavy atom. The van der Waals surface area contributed by atoms with Gasteiger partial charge in [0.2, 0.25) is 0 Å². The van der Waals surface area contributed by atoms with Crippen molar-refractivity contribution < 1.29 is 9.59 Å². The first kappa shape index (κ1) is 19.3. The van der Waals surface area contributed by atoms with Gasteiger partial charge < -0.3 is 10.2 Å². The van der Waals surface area contributed by atoms with Crippen molar-refractivity contribution in [2.45, 2.75) is 20.8 Å². The highest BCUT2D eigenvalue weighted by atomic mass is 16.2. The van der Waals surface area contributed by atoms with Crippen molar-refractivity contribution in [2.24, 2.45) is 0 Å². The number of amides is 2. The van der Waals surface area contributed by atoms with E-state index in [1.807, 2.05) is 32.0 Å². The minimum Gasteiger partial charge on any atom is -0.345 e. The van der Waals surface area contributed by atoms with E-state index in [0.29, 0.717) is 16.9 Å². The van der Waals surface area contributed by atoms with Gasteiger partial charge in [-0.3, -0.25) is 9.59 Å². The molecule has 144 valence electrons. The molecule has 0 bridgehead atoms. The monoisotopic (exact) mass is 377 g/mol. The highest BCUT2D eigenvalue weighted by molar-refractivity contribution is 6.03. The number of aromatic nitrogens is 3. The van der Waals surface area contributed by atoms with E-state index in [4.69, 9.17) is 0 Å². The van der Waals surface area contributed by atoms with E-state index in [2.05, 4.69) is 15.5 Å². The van der Waals surface area contributed by atoms with Gasteiger partial charge >= 0.3 is 0 Å². The summed E-state index contributed by atoms with van der Waals surface area (Å²) in [6.45, 7) is 5.76. The third-order valence-electron chi connectivity index (χ3n) is 4.36. The molecule has 7 heteroatoms. The zero-order valence-electron chi connectivity index (χ0n) is 16.6. The van der Waals surface area contributed by atoms with Gasteiger partial charge in [-0.1, -0.05) is 17.7 Å². The van der Waals surface area contributed by atoms with Gasteiger partial charge in [0.05, 0.1) is 11.4 Å². The zero-order valence-corrected chi connectivity index (χ0v) is 16.6. The summed E-state index contributed by atoms with van der Waals surface area (Å²) in [5.41, 5.74) is 4.95. The van der Waals surface area contributed by atoms with Gasteiger partial charge in [-0.15, -0.1) is 5.10 Å². The number of carbonyl (C=O) groups is 2. The Bertz CT molecular complexity index is 1040. The molecular formula is C21H23N5O2. The van der Waals surface area contributed by atoms with Gasteiger partial charge in [0.15, 0.2) is 5.69 Å². The molecule has 2 aromatic carbocycles. The predicted molar refractivity (Wildman–Crippen MR) is 108 cm³/mol. The van der Waals surface area contributed by atoms with E-state index in [1.165, 1.54) is 9.70 Å². The van der Waals surface area contributed by atoms with Crippen LogP contribution in [0.5, 0.6) is 0 Å². The fourth-order valence-electron chi connectivity index (χ4n) is 2.87. The van der Waals surface area contributed by atoms with Crippen LogP contribution in [0.25, 0.3) is 5.69 Å². The average Bonchev–Trinajstić information content (AvgIpc) is 3.03. The molecule has 2 amide bonds. The molecule has 1 heterocycles. The smallest absolute Gasteiger partial charge is 0.278 e. The minimum absolute atomic E-state index is 0.0925. The van der Waals surface area contributed by atoms with Crippen LogP contribution in [-0.4, -0.2) is 45.8 Å². The summed E-state index contributed by atoms with van der Waals surface area (Å²) >= 11 is 0. The molecule has 0 aliphatic carbocycles. The van der Waals surface area contributed by atoms with Crippen LogP contribution in [0.15, 0.2) is 42.5 Å². The molecule has 0 saturated carbocycles. The molecule has 3 rings (SSSR count). The molecule has 28 heavy (non-hydrogen) atoms. The van der Waals surface area contributed by atoms with Crippen molar-refractivity contribution >= 4 is 17.5 Å². The van der Waals surface area contributed by atoms with Crippen molar-refractivity contribution in [3.63, 3.8) is 0 Å². The molecule has 1 N–H and O–H groups in total. The van der Waals surface area contributed by atoms with Crippen molar-refractivity contribution in [3.05, 3.63) is 70.5 Å². The Balaban J connectivity index is 1.80. The van der Waals surface area contributed by atoms with Crippen LogP contribution in [0.3, 0.4) is 0 Å². The normalized spacial score (nSPS) is 10.6. The number of anilines is 1. The molecule has 0 fully saturated rings. The maximum Gasteiger partial charge on any atom is 0.278 e. The Morgan fingerprint density at radius 2 is 1.64 bits per heavy atom. The average molecular weight is 377 g/mol. The van der Waals surface area contributed by atoms with Gasteiger partial charge in [0.25, 0.3) is 11.8 Å². The molecule has 0 atom stereocenters. The zero-order chi connectivity index (χ0) is 20.4. The Kier molecular flexibility index (Phi) is 5.26. The van der Waals surface area contributed by atoms with Crippen LogP contribution in [0.4, 0.5) is 5.69 Å². The highest BCUT2D eigenvalue weighted by Gasteiger charge is 2.17. The fourth-order valence-corrected chi connectivity index (χ4v) is 2.87. The molecule has 3 aromatic rings. The lowest BCUT2D eigenvalue weighted by atomic mass is 10.1. The van der Waals surface area contributed by atoms with Crippen molar-refractivity contribution in [3.8, 4) is 5.69 Å². The number of nitrogens with zero attached hydrogens (tertiary/aromatic N) is 4. The van der Waals surface area contributed by atoms with Gasteiger partial charge in [-0.05, 0) is 56.7 Å². The number of aryl methyl sites for hydroxylation is 3. The maximum atomic E-state index is 12.6. The topological polar surface area (TPSA) is 80.1 Å². The molecule has 0 radical (unpaired) electrons. The first-order chi connectivity index (χ1) is 13.3. The first-order valence-electron chi connectivity index (χ1n) is 8.91. The van der Waals surface area contributed by atoms with E-state index in [9.17, 15) is 9.59 Å². The molecule has 0 aliphatic rings. The van der Waals surface area contributed by atoms with Gasteiger partial charge in [-0.25, -0.2) is 0 Å². The van der Waals surface area contributed by atoms with E-state index in [0.717, 1.165) is 16.8 Å². The number of hydrogen-bond donors (Lipinski definition) is 1. The summed E-state index contributed by atoms with van der Waals surface area (Å²) in [5.74, 6) is -0.440. The molecular weight excluding hydrogens is 354 g/mol. The minimum atomic E-state index is -0.347. The molecule has 0 saturated heterocycles. The van der Waals surface area contributed by atoms with E-state index in [1.54, 1.807) is 45.3 Å². The summed E-state index contributed by atoms with van der Waals surface area (Å²) in [6, 6.07) is 12.7. The van der Waals surface area contributed by atoms with E-state index >= 15 is 0 Å². The summed E-state index contributed by atoms with van der Waals surface area (Å²) in [4.78, 5) is 27.6. The van der Waals surface area contributed by atoms with E-state index in [-0.39, 0.29) is 17.5 Å². The molecule has 1 aromatic heterocycles. The number of nitrogens with one attached hydrogen (secondary N) is 1. The van der Waals surface area contributed by atoms with Gasteiger partial charge in [0, 0.05) is 25.3 Å². The molecule has 0 unspecified atom stereocenters. The van der Waals surface area contributed by atoms with Crippen molar-refractivity contribution in [1.82, 2.24) is 19.9 Å². The number of rotatable bonds is 4. The third kappa shape index (κ3) is 3.93. The second-order valence-electron chi connectivity index (χ2n) is 6.94. The van der Waals surface area contributed by atoms with Gasteiger partial charge in [0.1, 0.15) is 0 Å². The van der Waals surface area contributed by atoms with Crippen LogP contribution < -0.4 is 5.32 Å². The second-order valence-corrected chi connectivity index (χ2v) is 6.94. The third-order valence-corrected chi connectivity index (χ3v) is 4.36. The first-order valence-corrected chi connectivity index (χ1v) is 8.91. The van der Waals surface area contributed by atoms with Gasteiger partial charge in [-0.2, -0.15) is 9.90 Å². The lowest BCUT2D eigenvalue weighted by Gasteiger charge is -2.10. The van der Waals surface area contributed by atoms with Crippen LogP contribution in [0, 0.1) is 20.8 Å². The highest BCUT2D eigenvalue weighted by Crippen LogP contribution is 2.17. The lowest BCUT2D eigenvalue weighted by Crippen LogP contribution is -2.21. The largest absolute Gasteiger partial charge is 0.345 e. The molecule has 0 aliphatic heterocycles. The van der Waals surface area contributed by atoms with Crippen molar-refractivity contribution in [2.75, 3.05) is 19.4 Å². The quantitative estimate of drug-likeness (QED) is 0.757. The second kappa shape index (κ2) is 7.64. The summed E-state index contributed by atoms with van der Waals surface area (Å²) in [6.07, 6.45) is 0. The SMILES string of the molecule is Cc1ccc(-n2nc(C)c(C(=O)Nc3ccc(C(=O)N(C)C)cc3)n2)c(C)c1. The summed E-state index contributed by atoms with van der Waals surface area (Å²) in [5, 5.41) is 11.6. The van der Waals surface area contributed by atoms with Crippen LogP contribution in [0.1, 0.15) is 37.7 Å². The number of hydrogen-bond acceptors (Lipinski definition) is 4. The fraction of sp³-hybridized carbons (Fsp3) is 0.238. The Morgan fingerprint density at radius 3 is 2.25 bits per heavy atom. The van der Waals surface area contributed by atoms with E-state index < -0.39 is 0 Å². The summed E-state index contributed by atoms with van der Waals surface area (Å²) < 4.78 is 0. The molecule has 0 spiro atoms. The predicted octanol–water partition coefficient (Wildman–Crippen LogP) is 3.15. The Labute approximate surface area is 164 Å². The van der Waals surface area contributed by atoms with Crippen LogP contribution in [0.2, 0.25) is 0 Å². The maximum absolute atomic E-state index is 12.6. The summed E-state index contributed by atoms with van der Waals surface area (Å²) in [7, 11) is 3.39. The van der Waals surface area contributed by atoms with Crippen LogP contribution >= 0.6 is 0 Å². The molecule has 7 nitrogen and oxygen atoms in total. The Hall–Kier alpha value is -3.48. The standard InChI is InChI=1S/C21H23N5O2/c1-13-6-11-18(14(2)12-13)26-23-15(3)19(24-26)20(27)22-17-9-7-16(8-10-17)21(28)25(4)5/h6-12H,1-5H3,(H,22,27). The number of carbonyl (C=O) groups excluding carboxylic acids is 2. The van der Waals surface area contributed by atoms with Crippen molar-refractivity contribution in [1.29, 1.82) is 0 Å². The van der Waals surface area contributed by atoms with Crippen LogP contribution in [-0.2, 0) is 0 Å². The lowest BCUT2D eigenvalue weighted by molar-refractivity contribution is 0.0827. The number of benzene rings is 2.